The van der Waals surface area contributed by atoms with Crippen molar-refractivity contribution in [2.75, 3.05) is 33.4 Å². The lowest BCUT2D eigenvalue weighted by molar-refractivity contribution is -0.123. The maximum absolute atomic E-state index is 12.9. The first kappa shape index (κ1) is 24.6. The maximum atomic E-state index is 12.9. The second-order valence-electron chi connectivity index (χ2n) is 9.23. The zero-order chi connectivity index (χ0) is 25.6. The second kappa shape index (κ2) is 11.3. The van der Waals surface area contributed by atoms with Crippen LogP contribution >= 0.6 is 0 Å². The summed E-state index contributed by atoms with van der Waals surface area (Å²) in [5.74, 6) is 0.468. The van der Waals surface area contributed by atoms with Gasteiger partial charge in [-0.15, -0.1) is 0 Å². The average Bonchev–Trinajstić information content (AvgIpc) is 3.50. The fourth-order valence-electron chi connectivity index (χ4n) is 4.88. The minimum atomic E-state index is -0.201. The van der Waals surface area contributed by atoms with Crippen molar-refractivity contribution in [2.45, 2.75) is 19.0 Å². The molecule has 7 heteroatoms. The van der Waals surface area contributed by atoms with Gasteiger partial charge in [0.15, 0.2) is 6.61 Å². The highest BCUT2D eigenvalue weighted by Gasteiger charge is 2.29. The van der Waals surface area contributed by atoms with Gasteiger partial charge in [-0.05, 0) is 35.4 Å². The lowest BCUT2D eigenvalue weighted by Crippen LogP contribution is -2.37. The normalized spacial score (nSPS) is 13.5. The Morgan fingerprint density at radius 3 is 2.62 bits per heavy atom. The molecular formula is C30H31N3O4. The molecule has 190 valence electrons. The van der Waals surface area contributed by atoms with Crippen molar-refractivity contribution < 1.29 is 19.1 Å². The molecule has 0 saturated heterocycles. The van der Waals surface area contributed by atoms with Crippen LogP contribution in [0.1, 0.15) is 27.4 Å². The number of hydrogen-bond donors (Lipinski definition) is 1. The molecule has 0 fully saturated rings. The predicted octanol–water partition coefficient (Wildman–Crippen LogP) is 4.22. The first-order chi connectivity index (χ1) is 18.1. The summed E-state index contributed by atoms with van der Waals surface area (Å²) in [7, 11) is 1.68. The van der Waals surface area contributed by atoms with Crippen LogP contribution in [-0.2, 0) is 22.6 Å². The van der Waals surface area contributed by atoms with Crippen LogP contribution in [0.5, 0.6) is 5.75 Å². The minimum Gasteiger partial charge on any atom is -0.483 e. The molecule has 1 atom stereocenters. The summed E-state index contributed by atoms with van der Waals surface area (Å²) < 4.78 is 13.2. The van der Waals surface area contributed by atoms with Crippen LogP contribution in [0.4, 0.5) is 0 Å². The monoisotopic (exact) mass is 497 g/mol. The highest BCUT2D eigenvalue weighted by Crippen LogP contribution is 2.27. The molecule has 2 heterocycles. The van der Waals surface area contributed by atoms with Crippen molar-refractivity contribution in [3.8, 4) is 5.75 Å². The zero-order valence-electron chi connectivity index (χ0n) is 20.9. The van der Waals surface area contributed by atoms with Gasteiger partial charge in [-0.1, -0.05) is 54.6 Å². The molecule has 5 rings (SSSR count). The van der Waals surface area contributed by atoms with E-state index in [0.717, 1.165) is 34.1 Å². The van der Waals surface area contributed by atoms with Crippen molar-refractivity contribution >= 4 is 22.7 Å². The van der Waals surface area contributed by atoms with Gasteiger partial charge in [-0.2, -0.15) is 0 Å². The lowest BCUT2D eigenvalue weighted by atomic mass is 9.98. The highest BCUT2D eigenvalue weighted by molar-refractivity contribution is 5.98. The molecule has 0 spiro atoms. The summed E-state index contributed by atoms with van der Waals surface area (Å²) in [6.45, 7) is 2.79. The number of nitrogens with one attached hydrogen (secondary N) is 1. The van der Waals surface area contributed by atoms with E-state index in [4.69, 9.17) is 9.47 Å². The van der Waals surface area contributed by atoms with Gasteiger partial charge in [0, 0.05) is 56.4 Å². The Morgan fingerprint density at radius 1 is 1.00 bits per heavy atom. The van der Waals surface area contributed by atoms with Crippen molar-refractivity contribution in [3.05, 3.63) is 102 Å². The van der Waals surface area contributed by atoms with E-state index < -0.39 is 0 Å². The number of fused-ring (bicyclic) bond motifs is 2. The third-order valence-corrected chi connectivity index (χ3v) is 6.82. The second-order valence-corrected chi connectivity index (χ2v) is 9.23. The van der Waals surface area contributed by atoms with E-state index in [1.165, 1.54) is 0 Å². The Hall–Kier alpha value is -4.10. The number of hydrogen-bond acceptors (Lipinski definition) is 4. The molecule has 4 aromatic rings. The molecule has 0 saturated carbocycles. The number of benzene rings is 3. The van der Waals surface area contributed by atoms with E-state index in [0.29, 0.717) is 32.0 Å². The molecule has 37 heavy (non-hydrogen) atoms. The van der Waals surface area contributed by atoms with Crippen LogP contribution in [0.15, 0.2) is 85.1 Å². The third kappa shape index (κ3) is 5.52. The molecule has 1 N–H and O–H groups in total. The van der Waals surface area contributed by atoms with Gasteiger partial charge in [0.2, 0.25) is 0 Å². The van der Waals surface area contributed by atoms with Crippen LogP contribution in [0.2, 0.25) is 0 Å². The molecule has 7 nitrogen and oxygen atoms in total. The largest absolute Gasteiger partial charge is 0.483 e. The molecule has 0 aliphatic carbocycles. The van der Waals surface area contributed by atoms with Crippen molar-refractivity contribution in [1.82, 2.24) is 14.8 Å². The molecule has 3 aromatic carbocycles. The molecule has 1 aromatic heterocycles. The van der Waals surface area contributed by atoms with Gasteiger partial charge in [0.05, 0.1) is 12.1 Å². The zero-order valence-corrected chi connectivity index (χ0v) is 20.9. The summed E-state index contributed by atoms with van der Waals surface area (Å²) >= 11 is 0. The topological polar surface area (TPSA) is 72.8 Å². The summed E-state index contributed by atoms with van der Waals surface area (Å²) in [6, 6.07) is 25.5. The van der Waals surface area contributed by atoms with Crippen molar-refractivity contribution in [2.24, 2.45) is 0 Å². The molecule has 2 amide bonds. The fraction of sp³-hybridized carbons (Fsp3) is 0.267. The average molecular weight is 498 g/mol. The van der Waals surface area contributed by atoms with Gasteiger partial charge in [0.25, 0.3) is 11.8 Å². The molecule has 1 aliphatic rings. The number of nitrogens with zero attached hydrogens (tertiary/aromatic N) is 2. The summed E-state index contributed by atoms with van der Waals surface area (Å²) in [5.41, 5.74) is 3.92. The number of amides is 2. The highest BCUT2D eigenvalue weighted by atomic mass is 16.5. The van der Waals surface area contributed by atoms with E-state index >= 15 is 0 Å². The van der Waals surface area contributed by atoms with Crippen LogP contribution in [0, 0.1) is 0 Å². The number of rotatable bonds is 11. The molecule has 1 unspecified atom stereocenters. The first-order valence-electron chi connectivity index (χ1n) is 12.5. The van der Waals surface area contributed by atoms with Gasteiger partial charge >= 0.3 is 0 Å². The van der Waals surface area contributed by atoms with Gasteiger partial charge < -0.3 is 24.3 Å². The Balaban J connectivity index is 1.21. The van der Waals surface area contributed by atoms with Crippen LogP contribution in [0.3, 0.4) is 0 Å². The van der Waals surface area contributed by atoms with Crippen LogP contribution < -0.4 is 10.1 Å². The first-order valence-corrected chi connectivity index (χ1v) is 12.5. The molecule has 0 bridgehead atoms. The number of carbonyl (C=O) groups is 2. The van der Waals surface area contributed by atoms with Gasteiger partial charge in [0.1, 0.15) is 5.75 Å². The third-order valence-electron chi connectivity index (χ3n) is 6.82. The fourth-order valence-corrected chi connectivity index (χ4v) is 4.88. The van der Waals surface area contributed by atoms with Crippen molar-refractivity contribution in [1.29, 1.82) is 0 Å². The number of ether oxygens (including phenoxy) is 2. The Bertz CT molecular complexity index is 1380. The van der Waals surface area contributed by atoms with Gasteiger partial charge in [-0.3, -0.25) is 9.59 Å². The maximum Gasteiger partial charge on any atom is 0.257 e. The molecular weight excluding hydrogens is 466 g/mol. The predicted molar refractivity (Wildman–Crippen MR) is 143 cm³/mol. The van der Waals surface area contributed by atoms with E-state index in [-0.39, 0.29) is 24.3 Å². The van der Waals surface area contributed by atoms with Crippen LogP contribution in [-0.4, -0.2) is 54.7 Å². The summed E-state index contributed by atoms with van der Waals surface area (Å²) in [6.07, 6.45) is 2.00. The standard InChI is InChI=1S/C30H31N3O4/c1-36-17-16-32-15-14-26-27(32)12-7-13-28(26)37-21-29(34)31-18-24(22-8-3-2-4-9-22)20-33-19-23-10-5-6-11-25(23)30(33)35/h2-15,24H,16-21H2,1H3,(H,31,34). The quantitative estimate of drug-likeness (QED) is 0.337. The summed E-state index contributed by atoms with van der Waals surface area (Å²) in [4.78, 5) is 27.6. The van der Waals surface area contributed by atoms with E-state index in [2.05, 4.69) is 9.88 Å². The van der Waals surface area contributed by atoms with E-state index in [1.54, 1.807) is 7.11 Å². The van der Waals surface area contributed by atoms with E-state index in [1.807, 2.05) is 90.0 Å². The Labute approximate surface area is 216 Å². The van der Waals surface area contributed by atoms with E-state index in [9.17, 15) is 9.59 Å². The minimum absolute atomic E-state index is 0.0386. The Morgan fingerprint density at radius 2 is 1.81 bits per heavy atom. The number of methoxy groups -OCH3 is 1. The molecule has 0 radical (unpaired) electrons. The van der Waals surface area contributed by atoms with Crippen LogP contribution in [0.25, 0.3) is 10.9 Å². The number of aromatic nitrogens is 1. The van der Waals surface area contributed by atoms with Gasteiger partial charge in [-0.25, -0.2) is 0 Å². The lowest BCUT2D eigenvalue weighted by Gasteiger charge is -2.24. The SMILES string of the molecule is COCCn1ccc2c(OCC(=O)NCC(CN3Cc4ccccc4C3=O)c3ccccc3)cccc21. The molecule has 1 aliphatic heterocycles. The summed E-state index contributed by atoms with van der Waals surface area (Å²) in [5, 5.41) is 3.98. The number of carbonyl (C=O) groups excluding carboxylic acids is 2. The Kier molecular flexibility index (Phi) is 7.51. The van der Waals surface area contributed by atoms with Crippen molar-refractivity contribution in [3.63, 3.8) is 0 Å². The smallest absolute Gasteiger partial charge is 0.257 e.